The minimum absolute atomic E-state index is 0.0163. The third-order valence-corrected chi connectivity index (χ3v) is 2.68. The Morgan fingerprint density at radius 3 is 2.24 bits per heavy atom. The third-order valence-electron chi connectivity index (χ3n) is 2.68. The summed E-state index contributed by atoms with van der Waals surface area (Å²) in [5, 5.41) is 8.91. The van der Waals surface area contributed by atoms with Crippen LogP contribution in [0.4, 0.5) is 13.2 Å². The molecule has 0 radical (unpaired) electrons. The number of benzene rings is 1. The molecule has 0 spiro atoms. The fourth-order valence-electron chi connectivity index (χ4n) is 1.57. The molecule has 0 saturated heterocycles. The van der Waals surface area contributed by atoms with Gasteiger partial charge < -0.3 is 0 Å². The van der Waals surface area contributed by atoms with Crippen molar-refractivity contribution in [3.8, 4) is 17.9 Å². The summed E-state index contributed by atoms with van der Waals surface area (Å²) in [6, 6.07) is 10.8. The lowest BCUT2D eigenvalue weighted by molar-refractivity contribution is -0.141. The number of rotatable bonds is 0. The first kappa shape index (κ1) is 14.6. The molecule has 104 valence electrons. The lowest BCUT2D eigenvalue weighted by atomic mass is 10.1. The molecule has 21 heavy (non-hydrogen) atoms. The largest absolute Gasteiger partial charge is 0.433 e. The molecule has 0 saturated carbocycles. The summed E-state index contributed by atoms with van der Waals surface area (Å²) in [4.78, 5) is 3.43. The topological polar surface area (TPSA) is 36.7 Å². The predicted molar refractivity (Wildman–Crippen MR) is 71.1 cm³/mol. The molecule has 0 fully saturated rings. The van der Waals surface area contributed by atoms with Gasteiger partial charge in [-0.25, -0.2) is 4.98 Å². The molecule has 0 aliphatic heterocycles. The van der Waals surface area contributed by atoms with Gasteiger partial charge in [-0.15, -0.1) is 0 Å². The van der Waals surface area contributed by atoms with Crippen LogP contribution < -0.4 is 0 Å². The number of aryl methyl sites for hydroxylation is 1. The predicted octanol–water partition coefficient (Wildman–Crippen LogP) is 3.68. The van der Waals surface area contributed by atoms with E-state index in [1.807, 2.05) is 19.1 Å². The summed E-state index contributed by atoms with van der Waals surface area (Å²) in [5.41, 5.74) is 0.476. The summed E-state index contributed by atoms with van der Waals surface area (Å²) < 4.78 is 37.9. The van der Waals surface area contributed by atoms with Crippen molar-refractivity contribution in [2.75, 3.05) is 0 Å². The number of hydrogen-bond acceptors (Lipinski definition) is 2. The van der Waals surface area contributed by atoms with Crippen LogP contribution in [0.25, 0.3) is 0 Å². The number of nitriles is 1. The van der Waals surface area contributed by atoms with E-state index >= 15 is 0 Å². The van der Waals surface area contributed by atoms with Gasteiger partial charge in [0, 0.05) is 5.56 Å². The SMILES string of the molecule is Cc1ccc(C#Cc2nc(C(F)(F)F)ccc2C#N)cc1. The molecule has 2 rings (SSSR count). The molecule has 2 aromatic rings. The monoisotopic (exact) mass is 286 g/mol. The van der Waals surface area contributed by atoms with Crippen molar-refractivity contribution in [2.45, 2.75) is 13.1 Å². The summed E-state index contributed by atoms with van der Waals surface area (Å²) >= 11 is 0. The molecule has 2 nitrogen and oxygen atoms in total. The van der Waals surface area contributed by atoms with E-state index in [0.29, 0.717) is 5.56 Å². The van der Waals surface area contributed by atoms with Crippen LogP contribution in [0.2, 0.25) is 0 Å². The second-order valence-corrected chi connectivity index (χ2v) is 4.32. The molecule has 1 aromatic carbocycles. The lowest BCUT2D eigenvalue weighted by Crippen LogP contribution is -2.09. The Hall–Kier alpha value is -2.79. The first-order valence-corrected chi connectivity index (χ1v) is 5.97. The Bertz CT molecular complexity index is 757. The Labute approximate surface area is 119 Å². The van der Waals surface area contributed by atoms with Gasteiger partial charge >= 0.3 is 6.18 Å². The molecule has 0 N–H and O–H groups in total. The number of hydrogen-bond donors (Lipinski definition) is 0. The fourth-order valence-corrected chi connectivity index (χ4v) is 1.57. The molecular weight excluding hydrogens is 277 g/mol. The maximum atomic E-state index is 12.6. The minimum Gasteiger partial charge on any atom is -0.233 e. The highest BCUT2D eigenvalue weighted by Gasteiger charge is 2.32. The van der Waals surface area contributed by atoms with Gasteiger partial charge in [0.1, 0.15) is 17.5 Å². The molecular formula is C16H9F3N2. The van der Waals surface area contributed by atoms with Crippen molar-refractivity contribution >= 4 is 0 Å². The molecule has 0 atom stereocenters. The fraction of sp³-hybridized carbons (Fsp3) is 0.125. The number of pyridine rings is 1. The molecule has 0 bridgehead atoms. The molecule has 0 amide bonds. The average molecular weight is 286 g/mol. The van der Waals surface area contributed by atoms with Crippen LogP contribution in [0.3, 0.4) is 0 Å². The second kappa shape index (κ2) is 5.68. The van der Waals surface area contributed by atoms with Crippen LogP contribution in [0.5, 0.6) is 0 Å². The van der Waals surface area contributed by atoms with E-state index in [4.69, 9.17) is 5.26 Å². The number of alkyl halides is 3. The second-order valence-electron chi connectivity index (χ2n) is 4.32. The van der Waals surface area contributed by atoms with Gasteiger partial charge in [-0.1, -0.05) is 23.6 Å². The molecule has 1 aromatic heterocycles. The lowest BCUT2D eigenvalue weighted by Gasteiger charge is -2.05. The Morgan fingerprint density at radius 2 is 1.67 bits per heavy atom. The first-order valence-electron chi connectivity index (χ1n) is 5.97. The van der Waals surface area contributed by atoms with E-state index in [0.717, 1.165) is 17.7 Å². The summed E-state index contributed by atoms with van der Waals surface area (Å²) in [7, 11) is 0. The number of nitrogens with zero attached hydrogens (tertiary/aromatic N) is 2. The highest BCUT2D eigenvalue weighted by atomic mass is 19.4. The number of aromatic nitrogens is 1. The molecule has 0 unspecified atom stereocenters. The van der Waals surface area contributed by atoms with Crippen LogP contribution in [0, 0.1) is 30.1 Å². The van der Waals surface area contributed by atoms with Crippen LogP contribution in [0.15, 0.2) is 36.4 Å². The van der Waals surface area contributed by atoms with Crippen LogP contribution in [0.1, 0.15) is 28.1 Å². The van der Waals surface area contributed by atoms with E-state index in [1.54, 1.807) is 18.2 Å². The molecule has 1 heterocycles. The zero-order valence-corrected chi connectivity index (χ0v) is 11.0. The zero-order chi connectivity index (χ0) is 15.5. The third kappa shape index (κ3) is 3.61. The highest BCUT2D eigenvalue weighted by molar-refractivity contribution is 5.48. The maximum Gasteiger partial charge on any atom is 0.433 e. The van der Waals surface area contributed by atoms with E-state index < -0.39 is 11.9 Å². The van der Waals surface area contributed by atoms with E-state index in [2.05, 4.69) is 16.8 Å². The van der Waals surface area contributed by atoms with Gasteiger partial charge in [-0.3, -0.25) is 0 Å². The molecule has 5 heteroatoms. The standard InChI is InChI=1S/C16H9F3N2/c1-11-2-4-12(5-3-11)6-8-14-13(10-20)7-9-15(21-14)16(17,18)19/h2-5,7,9H,1H3. The van der Waals surface area contributed by atoms with Crippen molar-refractivity contribution in [3.63, 3.8) is 0 Å². The van der Waals surface area contributed by atoms with Gasteiger partial charge in [-0.2, -0.15) is 18.4 Å². The van der Waals surface area contributed by atoms with E-state index in [-0.39, 0.29) is 11.3 Å². The summed E-state index contributed by atoms with van der Waals surface area (Å²) in [5.74, 6) is 5.24. The van der Waals surface area contributed by atoms with Gasteiger partial charge in [0.05, 0.1) is 5.56 Å². The number of halogens is 3. The Kier molecular flexibility index (Phi) is 3.95. The van der Waals surface area contributed by atoms with Crippen molar-refractivity contribution in [2.24, 2.45) is 0 Å². The summed E-state index contributed by atoms with van der Waals surface area (Å²) in [6.07, 6.45) is -4.56. The minimum atomic E-state index is -4.56. The van der Waals surface area contributed by atoms with Gasteiger partial charge in [0.25, 0.3) is 0 Å². The van der Waals surface area contributed by atoms with Crippen molar-refractivity contribution in [1.29, 1.82) is 5.26 Å². The zero-order valence-electron chi connectivity index (χ0n) is 11.0. The van der Waals surface area contributed by atoms with E-state index in [9.17, 15) is 13.2 Å². The maximum absolute atomic E-state index is 12.6. The Balaban J connectivity index is 2.44. The van der Waals surface area contributed by atoms with Gasteiger partial charge in [-0.05, 0) is 37.1 Å². The smallest absolute Gasteiger partial charge is 0.233 e. The normalized spacial score (nSPS) is 10.4. The van der Waals surface area contributed by atoms with Crippen LogP contribution in [-0.4, -0.2) is 4.98 Å². The van der Waals surface area contributed by atoms with Crippen LogP contribution >= 0.6 is 0 Å². The molecule has 0 aliphatic carbocycles. The van der Waals surface area contributed by atoms with Crippen molar-refractivity contribution in [3.05, 3.63) is 64.5 Å². The van der Waals surface area contributed by atoms with Crippen molar-refractivity contribution in [1.82, 2.24) is 4.98 Å². The Morgan fingerprint density at radius 1 is 1.00 bits per heavy atom. The van der Waals surface area contributed by atoms with Crippen molar-refractivity contribution < 1.29 is 13.2 Å². The van der Waals surface area contributed by atoms with E-state index in [1.165, 1.54) is 0 Å². The average Bonchev–Trinajstić information content (AvgIpc) is 2.45. The van der Waals surface area contributed by atoms with Gasteiger partial charge in [0.15, 0.2) is 0 Å². The van der Waals surface area contributed by atoms with Crippen LogP contribution in [-0.2, 0) is 6.18 Å². The summed E-state index contributed by atoms with van der Waals surface area (Å²) in [6.45, 7) is 1.92. The van der Waals surface area contributed by atoms with Gasteiger partial charge in [0.2, 0.25) is 0 Å². The quantitative estimate of drug-likeness (QED) is 0.693. The highest BCUT2D eigenvalue weighted by Crippen LogP contribution is 2.28. The first-order chi connectivity index (χ1) is 9.90. The molecule has 0 aliphatic rings.